The first kappa shape index (κ1) is 14.6. The van der Waals surface area contributed by atoms with Crippen LogP contribution in [0.15, 0.2) is 53.0 Å². The Kier molecular flexibility index (Phi) is 3.84. The van der Waals surface area contributed by atoms with Crippen LogP contribution in [0.1, 0.15) is 0 Å². The average molecular weight is 333 g/mol. The third-order valence-electron chi connectivity index (χ3n) is 2.73. The minimum Gasteiger partial charge on any atom is -0.324 e. The van der Waals surface area contributed by atoms with Crippen molar-refractivity contribution in [1.82, 2.24) is 15.0 Å². The van der Waals surface area contributed by atoms with Crippen molar-refractivity contribution in [1.29, 1.82) is 0 Å². The minimum absolute atomic E-state index is 0.0218. The first-order valence-corrected chi connectivity index (χ1v) is 8.58. The molecule has 1 aromatic carbocycles. The molecule has 3 aromatic rings. The highest BCUT2D eigenvalue weighted by Crippen LogP contribution is 2.22. The van der Waals surface area contributed by atoms with Crippen LogP contribution in [-0.4, -0.2) is 23.4 Å². The molecule has 0 saturated carbocycles. The number of primary sulfonamides is 1. The van der Waals surface area contributed by atoms with Gasteiger partial charge >= 0.3 is 0 Å². The fourth-order valence-corrected chi connectivity index (χ4v) is 2.93. The summed E-state index contributed by atoms with van der Waals surface area (Å²) in [5.41, 5.74) is 1.22. The Balaban J connectivity index is 1.89. The lowest BCUT2D eigenvalue weighted by atomic mass is 10.3. The first-order valence-electron chi connectivity index (χ1n) is 6.15. The molecule has 9 heteroatoms. The molecular weight excluding hydrogens is 322 g/mol. The topological polar surface area (TPSA) is 111 Å². The van der Waals surface area contributed by atoms with E-state index in [2.05, 4.69) is 20.3 Å². The molecular formula is C13H11N5O2S2. The Hall–Kier alpha value is -2.36. The Morgan fingerprint density at radius 1 is 1.14 bits per heavy atom. The summed E-state index contributed by atoms with van der Waals surface area (Å²) in [6.45, 7) is 0. The maximum atomic E-state index is 11.4. The number of nitrogens with zero attached hydrogens (tertiary/aromatic N) is 3. The van der Waals surface area contributed by atoms with Crippen molar-refractivity contribution in [3.05, 3.63) is 48.1 Å². The molecule has 2 heterocycles. The Bertz CT molecular complexity index is 894. The maximum absolute atomic E-state index is 11.4. The number of anilines is 2. The summed E-state index contributed by atoms with van der Waals surface area (Å²) < 4.78 is 22.7. The predicted octanol–water partition coefficient (Wildman–Crippen LogP) is 1.99. The number of aromatic nitrogens is 3. The summed E-state index contributed by atoms with van der Waals surface area (Å²) in [4.78, 5) is 12.7. The number of thiazole rings is 1. The third-order valence-corrected chi connectivity index (χ3v) is 4.43. The highest BCUT2D eigenvalue weighted by molar-refractivity contribution is 7.89. The van der Waals surface area contributed by atoms with Gasteiger partial charge in [-0.15, -0.1) is 11.3 Å². The number of nitrogens with two attached hydrogens (primary N) is 1. The number of benzene rings is 1. The summed E-state index contributed by atoms with van der Waals surface area (Å²) in [5, 5.41) is 10.7. The molecule has 0 aliphatic carbocycles. The Morgan fingerprint density at radius 3 is 2.73 bits per heavy atom. The second-order valence-corrected chi connectivity index (χ2v) is 6.76. The quantitative estimate of drug-likeness (QED) is 0.755. The molecule has 7 nitrogen and oxygen atoms in total. The summed E-state index contributed by atoms with van der Waals surface area (Å²) in [5.74, 6) is 0.347. The van der Waals surface area contributed by atoms with Gasteiger partial charge in [-0.1, -0.05) is 6.07 Å². The van der Waals surface area contributed by atoms with Crippen molar-refractivity contribution in [3.8, 4) is 10.7 Å². The molecule has 0 bridgehead atoms. The lowest BCUT2D eigenvalue weighted by molar-refractivity contribution is 0.598. The largest absolute Gasteiger partial charge is 0.324 e. The summed E-state index contributed by atoms with van der Waals surface area (Å²) in [6.07, 6.45) is 3.31. The SMILES string of the molecule is NS(=O)(=O)c1cccc(Nc2nccc(-c3nccs3)n2)c1. The molecule has 22 heavy (non-hydrogen) atoms. The van der Waals surface area contributed by atoms with Crippen LogP contribution in [0.3, 0.4) is 0 Å². The molecule has 0 unspecified atom stereocenters. The van der Waals surface area contributed by atoms with E-state index in [9.17, 15) is 8.42 Å². The van der Waals surface area contributed by atoms with Crippen molar-refractivity contribution in [2.24, 2.45) is 5.14 Å². The van der Waals surface area contributed by atoms with Crippen LogP contribution in [0.2, 0.25) is 0 Å². The number of hydrogen-bond donors (Lipinski definition) is 2. The van der Waals surface area contributed by atoms with Gasteiger partial charge < -0.3 is 5.32 Å². The second-order valence-electron chi connectivity index (χ2n) is 4.30. The van der Waals surface area contributed by atoms with Gasteiger partial charge in [0.05, 0.1) is 4.90 Å². The van der Waals surface area contributed by atoms with E-state index in [4.69, 9.17) is 5.14 Å². The number of sulfonamides is 1. The van der Waals surface area contributed by atoms with Crippen LogP contribution in [-0.2, 0) is 10.0 Å². The first-order chi connectivity index (χ1) is 10.5. The molecule has 0 amide bonds. The molecule has 2 aromatic heterocycles. The Morgan fingerprint density at radius 2 is 2.00 bits per heavy atom. The average Bonchev–Trinajstić information content (AvgIpc) is 3.01. The van der Waals surface area contributed by atoms with Gasteiger partial charge in [-0.25, -0.2) is 28.5 Å². The normalized spacial score (nSPS) is 11.3. The van der Waals surface area contributed by atoms with Gasteiger partial charge in [0.2, 0.25) is 16.0 Å². The van der Waals surface area contributed by atoms with Crippen LogP contribution in [0.25, 0.3) is 10.7 Å². The van der Waals surface area contributed by atoms with Crippen molar-refractivity contribution < 1.29 is 8.42 Å². The van der Waals surface area contributed by atoms with Gasteiger partial charge in [0.1, 0.15) is 10.7 Å². The third kappa shape index (κ3) is 3.27. The van der Waals surface area contributed by atoms with E-state index in [0.29, 0.717) is 17.3 Å². The van der Waals surface area contributed by atoms with Crippen molar-refractivity contribution >= 4 is 33.0 Å². The molecule has 112 valence electrons. The van der Waals surface area contributed by atoms with Crippen LogP contribution in [0, 0.1) is 0 Å². The molecule has 0 aliphatic rings. The van der Waals surface area contributed by atoms with E-state index in [0.717, 1.165) is 5.01 Å². The fourth-order valence-electron chi connectivity index (χ4n) is 1.77. The highest BCUT2D eigenvalue weighted by Gasteiger charge is 2.09. The van der Waals surface area contributed by atoms with Crippen LogP contribution < -0.4 is 10.5 Å². The highest BCUT2D eigenvalue weighted by atomic mass is 32.2. The summed E-state index contributed by atoms with van der Waals surface area (Å²) >= 11 is 1.47. The zero-order valence-electron chi connectivity index (χ0n) is 11.2. The second kappa shape index (κ2) is 5.79. The zero-order valence-corrected chi connectivity index (χ0v) is 12.8. The van der Waals surface area contributed by atoms with Gasteiger partial charge in [-0.05, 0) is 24.3 Å². The van der Waals surface area contributed by atoms with E-state index in [1.807, 2.05) is 5.38 Å². The number of rotatable bonds is 4. The van der Waals surface area contributed by atoms with Gasteiger partial charge in [-0.2, -0.15) is 0 Å². The van der Waals surface area contributed by atoms with Crippen molar-refractivity contribution in [2.45, 2.75) is 4.90 Å². The number of hydrogen-bond acceptors (Lipinski definition) is 7. The smallest absolute Gasteiger partial charge is 0.238 e. The van der Waals surface area contributed by atoms with Crippen molar-refractivity contribution in [2.75, 3.05) is 5.32 Å². The van der Waals surface area contributed by atoms with Gasteiger partial charge in [-0.3, -0.25) is 0 Å². The molecule has 3 rings (SSSR count). The van der Waals surface area contributed by atoms with Crippen molar-refractivity contribution in [3.63, 3.8) is 0 Å². The summed E-state index contributed by atoms with van der Waals surface area (Å²) in [7, 11) is -3.75. The molecule has 0 saturated heterocycles. The number of nitrogens with one attached hydrogen (secondary N) is 1. The van der Waals surface area contributed by atoms with E-state index in [-0.39, 0.29) is 4.90 Å². The lowest BCUT2D eigenvalue weighted by Gasteiger charge is -2.07. The zero-order chi connectivity index (χ0) is 15.6. The van der Waals surface area contributed by atoms with Crippen LogP contribution >= 0.6 is 11.3 Å². The van der Waals surface area contributed by atoms with E-state index < -0.39 is 10.0 Å². The van der Waals surface area contributed by atoms with Crippen LogP contribution in [0.5, 0.6) is 0 Å². The molecule has 0 radical (unpaired) electrons. The lowest BCUT2D eigenvalue weighted by Crippen LogP contribution is -2.12. The summed E-state index contributed by atoms with van der Waals surface area (Å²) in [6, 6.07) is 7.90. The van der Waals surface area contributed by atoms with E-state index >= 15 is 0 Å². The molecule has 3 N–H and O–H groups in total. The van der Waals surface area contributed by atoms with Gasteiger partial charge in [0.15, 0.2) is 0 Å². The maximum Gasteiger partial charge on any atom is 0.238 e. The van der Waals surface area contributed by atoms with Gasteiger partial charge in [0, 0.05) is 23.5 Å². The van der Waals surface area contributed by atoms with E-state index in [1.54, 1.807) is 30.6 Å². The van der Waals surface area contributed by atoms with E-state index in [1.165, 1.54) is 23.5 Å². The standard InChI is InChI=1S/C13H11N5O2S2/c14-22(19,20)10-3-1-2-9(8-10)17-13-16-5-4-11(18-13)12-15-6-7-21-12/h1-8H,(H2,14,19,20)(H,16,17,18). The minimum atomic E-state index is -3.75. The Labute approximate surface area is 130 Å². The fraction of sp³-hybridized carbons (Fsp3) is 0. The molecule has 0 atom stereocenters. The molecule has 0 spiro atoms. The molecule has 0 aliphatic heterocycles. The monoisotopic (exact) mass is 333 g/mol. The predicted molar refractivity (Wildman–Crippen MR) is 84.2 cm³/mol. The van der Waals surface area contributed by atoms with Gasteiger partial charge in [0.25, 0.3) is 0 Å². The van der Waals surface area contributed by atoms with Crippen LogP contribution in [0.4, 0.5) is 11.6 Å². The molecule has 0 fully saturated rings.